The molecule has 11 heteroatoms. The van der Waals surface area contributed by atoms with E-state index in [1.165, 1.54) is 42.3 Å². The van der Waals surface area contributed by atoms with Crippen molar-refractivity contribution in [3.05, 3.63) is 88.4 Å². The maximum absolute atomic E-state index is 13.9. The van der Waals surface area contributed by atoms with Crippen molar-refractivity contribution in [3.8, 4) is 5.75 Å². The summed E-state index contributed by atoms with van der Waals surface area (Å²) in [6.45, 7) is 3.39. The topological polar surface area (TPSA) is 96.0 Å². The highest BCUT2D eigenvalue weighted by Gasteiger charge is 2.33. The van der Waals surface area contributed by atoms with Gasteiger partial charge in [0, 0.05) is 18.1 Å². The normalized spacial score (nSPS) is 11.9. The van der Waals surface area contributed by atoms with E-state index < -0.39 is 28.5 Å². The lowest BCUT2D eigenvalue weighted by Crippen LogP contribution is -2.51. The minimum Gasteiger partial charge on any atom is -0.497 e. The molecule has 0 bridgehead atoms. The number of hydrogen-bond acceptors (Lipinski definition) is 5. The first-order valence-corrected chi connectivity index (χ1v) is 14.5. The molecular formula is C28H31Cl2N3O5S. The van der Waals surface area contributed by atoms with Crippen molar-refractivity contribution in [1.29, 1.82) is 0 Å². The number of carbonyl (C=O) groups excluding carboxylic acids is 2. The molecule has 0 saturated carbocycles. The fourth-order valence-electron chi connectivity index (χ4n) is 3.86. The van der Waals surface area contributed by atoms with Crippen molar-refractivity contribution in [3.63, 3.8) is 0 Å². The quantitative estimate of drug-likeness (QED) is 0.314. The summed E-state index contributed by atoms with van der Waals surface area (Å²) in [7, 11) is -2.71. The summed E-state index contributed by atoms with van der Waals surface area (Å²) in [5.41, 5.74) is 0.752. The molecule has 0 spiro atoms. The number of ether oxygens (including phenoxy) is 1. The molecule has 8 nitrogen and oxygen atoms in total. The van der Waals surface area contributed by atoms with E-state index in [-0.39, 0.29) is 33.1 Å². The zero-order valence-electron chi connectivity index (χ0n) is 21.9. The number of methoxy groups -OCH3 is 1. The fraction of sp³-hybridized carbons (Fsp3) is 0.286. The highest BCUT2D eigenvalue weighted by molar-refractivity contribution is 7.92. The number of anilines is 1. The van der Waals surface area contributed by atoms with Crippen LogP contribution in [0.5, 0.6) is 5.75 Å². The number of hydrogen-bond donors (Lipinski definition) is 1. The molecule has 0 saturated heterocycles. The zero-order valence-corrected chi connectivity index (χ0v) is 24.3. The fourth-order valence-corrected chi connectivity index (χ4v) is 5.74. The molecule has 2 amide bonds. The minimum absolute atomic E-state index is 0.0260. The molecule has 39 heavy (non-hydrogen) atoms. The maximum atomic E-state index is 13.9. The molecule has 0 aliphatic rings. The number of carbonyl (C=O) groups is 2. The van der Waals surface area contributed by atoms with E-state index in [0.29, 0.717) is 17.9 Å². The second-order valence-electron chi connectivity index (χ2n) is 8.76. The molecular weight excluding hydrogens is 561 g/mol. The van der Waals surface area contributed by atoms with Gasteiger partial charge in [0.2, 0.25) is 11.8 Å². The highest BCUT2D eigenvalue weighted by atomic mass is 35.5. The third-order valence-corrected chi connectivity index (χ3v) is 8.32. The number of benzene rings is 3. The molecule has 0 fully saturated rings. The van der Waals surface area contributed by atoms with Crippen LogP contribution in [0.15, 0.2) is 77.7 Å². The van der Waals surface area contributed by atoms with Crippen molar-refractivity contribution < 1.29 is 22.7 Å². The largest absolute Gasteiger partial charge is 0.497 e. The molecule has 0 aliphatic carbocycles. The lowest BCUT2D eigenvalue weighted by Gasteiger charge is -2.32. The molecule has 1 N–H and O–H groups in total. The minimum atomic E-state index is -4.24. The van der Waals surface area contributed by atoms with Crippen molar-refractivity contribution in [2.24, 2.45) is 0 Å². The van der Waals surface area contributed by atoms with Crippen LogP contribution in [0.3, 0.4) is 0 Å². The highest BCUT2D eigenvalue weighted by Crippen LogP contribution is 2.33. The Morgan fingerprint density at radius 1 is 1.00 bits per heavy atom. The molecule has 0 unspecified atom stereocenters. The summed E-state index contributed by atoms with van der Waals surface area (Å²) in [5.74, 6) is -0.374. The van der Waals surface area contributed by atoms with Gasteiger partial charge in [-0.1, -0.05) is 60.5 Å². The van der Waals surface area contributed by atoms with Crippen molar-refractivity contribution in [2.75, 3.05) is 24.5 Å². The van der Waals surface area contributed by atoms with E-state index in [4.69, 9.17) is 27.9 Å². The Bertz CT molecular complexity index is 1400. The average molecular weight is 593 g/mol. The molecule has 208 valence electrons. The van der Waals surface area contributed by atoms with Gasteiger partial charge < -0.3 is 15.0 Å². The van der Waals surface area contributed by atoms with E-state index in [0.717, 1.165) is 10.7 Å². The van der Waals surface area contributed by atoms with Gasteiger partial charge in [-0.05, 0) is 61.4 Å². The first-order valence-electron chi connectivity index (χ1n) is 12.3. The summed E-state index contributed by atoms with van der Waals surface area (Å²) in [6.07, 6.45) is 0.721. The van der Waals surface area contributed by atoms with Gasteiger partial charge in [-0.25, -0.2) is 8.42 Å². The van der Waals surface area contributed by atoms with E-state index in [1.54, 1.807) is 49.4 Å². The van der Waals surface area contributed by atoms with Gasteiger partial charge in [0.1, 0.15) is 18.3 Å². The number of nitrogens with one attached hydrogen (secondary N) is 1. The Kier molecular flexibility index (Phi) is 10.6. The molecule has 0 aromatic heterocycles. The molecule has 3 aromatic carbocycles. The van der Waals surface area contributed by atoms with Gasteiger partial charge in [0.05, 0.1) is 22.7 Å². The second kappa shape index (κ2) is 13.7. The Hall–Kier alpha value is -3.27. The van der Waals surface area contributed by atoms with Gasteiger partial charge in [0.25, 0.3) is 10.0 Å². The van der Waals surface area contributed by atoms with E-state index >= 15 is 0 Å². The van der Waals surface area contributed by atoms with Crippen LogP contribution >= 0.6 is 23.2 Å². The van der Waals surface area contributed by atoms with Gasteiger partial charge in [-0.2, -0.15) is 0 Å². The Morgan fingerprint density at radius 2 is 1.72 bits per heavy atom. The van der Waals surface area contributed by atoms with Crippen LogP contribution in [0.4, 0.5) is 5.69 Å². The van der Waals surface area contributed by atoms with E-state index in [9.17, 15) is 18.0 Å². The van der Waals surface area contributed by atoms with Crippen molar-refractivity contribution in [2.45, 2.75) is 37.8 Å². The van der Waals surface area contributed by atoms with Crippen LogP contribution in [-0.2, 0) is 26.2 Å². The monoisotopic (exact) mass is 591 g/mol. The van der Waals surface area contributed by atoms with Gasteiger partial charge in [0.15, 0.2) is 0 Å². The van der Waals surface area contributed by atoms with Crippen LogP contribution in [0.2, 0.25) is 10.0 Å². The lowest BCUT2D eigenvalue weighted by atomic mass is 10.1. The summed E-state index contributed by atoms with van der Waals surface area (Å²) in [6, 6.07) is 18.3. The maximum Gasteiger partial charge on any atom is 0.264 e. The molecule has 0 radical (unpaired) electrons. The molecule has 0 aliphatic heterocycles. The smallest absolute Gasteiger partial charge is 0.264 e. The molecule has 0 heterocycles. The SMILES string of the molecule is CCCNC(=O)[C@H](C)N(Cc1cccc(OC)c1)C(=O)CN(c1cc(Cl)ccc1Cl)S(=O)(=O)c1ccccc1. The summed E-state index contributed by atoms with van der Waals surface area (Å²) < 4.78 is 33.8. The third-order valence-electron chi connectivity index (χ3n) is 5.99. The van der Waals surface area contributed by atoms with Crippen LogP contribution in [-0.4, -0.2) is 51.4 Å². The van der Waals surface area contributed by atoms with E-state index in [1.807, 2.05) is 6.92 Å². The number of rotatable bonds is 12. The van der Waals surface area contributed by atoms with Crippen molar-refractivity contribution in [1.82, 2.24) is 10.2 Å². The first kappa shape index (κ1) is 30.3. The Labute approximate surface area is 239 Å². The second-order valence-corrected chi connectivity index (χ2v) is 11.5. The van der Waals surface area contributed by atoms with Gasteiger partial charge in [-0.15, -0.1) is 0 Å². The van der Waals surface area contributed by atoms with Gasteiger partial charge >= 0.3 is 0 Å². The predicted octanol–water partition coefficient (Wildman–Crippen LogP) is 5.14. The number of nitrogens with zero attached hydrogens (tertiary/aromatic N) is 2. The van der Waals surface area contributed by atoms with Crippen LogP contribution in [0.1, 0.15) is 25.8 Å². The van der Waals surface area contributed by atoms with Crippen molar-refractivity contribution >= 4 is 50.7 Å². The molecule has 3 aromatic rings. The standard InChI is InChI=1S/C28H31Cl2N3O5S/c1-4-15-31-28(35)20(2)32(18-21-9-8-10-23(16-21)38-3)27(34)19-33(26-17-22(29)13-14-25(26)30)39(36,37)24-11-6-5-7-12-24/h5-14,16-17,20H,4,15,18-19H2,1-3H3,(H,31,35)/t20-/m0/s1. The van der Waals surface area contributed by atoms with Crippen LogP contribution in [0.25, 0.3) is 0 Å². The first-order chi connectivity index (χ1) is 18.6. The summed E-state index contributed by atoms with van der Waals surface area (Å²) in [5, 5.41) is 3.15. The Morgan fingerprint density at radius 3 is 2.38 bits per heavy atom. The van der Waals surface area contributed by atoms with Gasteiger partial charge in [-0.3, -0.25) is 13.9 Å². The van der Waals surface area contributed by atoms with Crippen LogP contribution in [0, 0.1) is 0 Å². The van der Waals surface area contributed by atoms with Crippen LogP contribution < -0.4 is 14.4 Å². The molecule has 1 atom stereocenters. The summed E-state index contributed by atoms with van der Waals surface area (Å²) in [4.78, 5) is 28.2. The lowest BCUT2D eigenvalue weighted by molar-refractivity contribution is -0.139. The third kappa shape index (κ3) is 7.65. The Balaban J connectivity index is 2.05. The van der Waals surface area contributed by atoms with E-state index in [2.05, 4.69) is 5.32 Å². The number of amides is 2. The number of halogens is 2. The predicted molar refractivity (Wildman–Crippen MR) is 154 cm³/mol. The zero-order chi connectivity index (χ0) is 28.6. The molecule has 3 rings (SSSR count). The average Bonchev–Trinajstić information content (AvgIpc) is 2.94. The summed E-state index contributed by atoms with van der Waals surface area (Å²) >= 11 is 12.6. The number of sulfonamides is 1.